The molecule has 1 fully saturated rings. The first-order chi connectivity index (χ1) is 5.25. The van der Waals surface area contributed by atoms with E-state index < -0.39 is 0 Å². The molecule has 11 heavy (non-hydrogen) atoms. The van der Waals surface area contributed by atoms with Crippen LogP contribution in [0.1, 0.15) is 25.7 Å². The molecule has 1 aliphatic rings. The Kier molecular flexibility index (Phi) is 2.63. The Hall–Kier alpha value is -0.860. The monoisotopic (exact) mass is 155 g/mol. The summed E-state index contributed by atoms with van der Waals surface area (Å²) < 4.78 is 0. The predicted octanol–water partition coefficient (Wildman–Crippen LogP) is 0.586. The molecule has 0 spiro atoms. The molecule has 1 heterocycles. The third kappa shape index (κ3) is 1.79. The van der Waals surface area contributed by atoms with Gasteiger partial charge in [-0.2, -0.15) is 0 Å². The highest BCUT2D eigenvalue weighted by Crippen LogP contribution is 2.17. The fraction of sp³-hybridized carbons (Fsp3) is 0.750. The maximum absolute atomic E-state index is 11.1. The summed E-state index contributed by atoms with van der Waals surface area (Å²) in [5, 5.41) is 0. The summed E-state index contributed by atoms with van der Waals surface area (Å²) in [5.41, 5.74) is 0. The van der Waals surface area contributed by atoms with E-state index in [2.05, 4.69) is 0 Å². The lowest BCUT2D eigenvalue weighted by Crippen LogP contribution is -2.40. The average Bonchev–Trinajstić information content (AvgIpc) is 1.99. The lowest BCUT2D eigenvalue weighted by atomic mass is 10.0. The number of aldehydes is 1. The molecule has 0 saturated carbocycles. The highest BCUT2D eigenvalue weighted by Gasteiger charge is 2.23. The fourth-order valence-corrected chi connectivity index (χ4v) is 1.45. The summed E-state index contributed by atoms with van der Waals surface area (Å²) in [6.45, 7) is 0. The lowest BCUT2D eigenvalue weighted by Gasteiger charge is -2.31. The summed E-state index contributed by atoms with van der Waals surface area (Å²) in [4.78, 5) is 23.0. The van der Waals surface area contributed by atoms with E-state index in [9.17, 15) is 9.59 Å². The maximum atomic E-state index is 11.1. The van der Waals surface area contributed by atoms with Gasteiger partial charge in [0.2, 0.25) is 5.91 Å². The van der Waals surface area contributed by atoms with Crippen LogP contribution in [-0.2, 0) is 9.59 Å². The zero-order valence-electron chi connectivity index (χ0n) is 6.75. The second kappa shape index (κ2) is 3.51. The highest BCUT2D eigenvalue weighted by molar-refractivity contribution is 5.77. The molecule has 3 nitrogen and oxygen atoms in total. The number of carbonyl (C=O) groups excluding carboxylic acids is 2. The van der Waals surface area contributed by atoms with E-state index >= 15 is 0 Å². The molecule has 0 aliphatic carbocycles. The van der Waals surface area contributed by atoms with Crippen molar-refractivity contribution in [3.8, 4) is 0 Å². The molecule has 1 atom stereocenters. The van der Waals surface area contributed by atoms with Gasteiger partial charge in [0.15, 0.2) is 0 Å². The van der Waals surface area contributed by atoms with E-state index in [1.54, 1.807) is 11.9 Å². The van der Waals surface area contributed by atoms with Gasteiger partial charge in [-0.1, -0.05) is 0 Å². The zero-order chi connectivity index (χ0) is 8.27. The van der Waals surface area contributed by atoms with Crippen LogP contribution in [0.15, 0.2) is 0 Å². The van der Waals surface area contributed by atoms with Crippen molar-refractivity contribution in [2.24, 2.45) is 0 Å². The third-order valence-corrected chi connectivity index (χ3v) is 2.24. The number of carbonyl (C=O) groups is 2. The number of amides is 1. The summed E-state index contributed by atoms with van der Waals surface area (Å²) in [6, 6.07) is 0.161. The van der Waals surface area contributed by atoms with Crippen LogP contribution in [-0.4, -0.2) is 30.2 Å². The van der Waals surface area contributed by atoms with Crippen LogP contribution in [0.5, 0.6) is 0 Å². The molecule has 0 bridgehead atoms. The van der Waals surface area contributed by atoms with Gasteiger partial charge in [0.05, 0.1) is 0 Å². The number of hydrogen-bond donors (Lipinski definition) is 0. The van der Waals surface area contributed by atoms with Gasteiger partial charge in [-0.05, 0) is 12.8 Å². The quantitative estimate of drug-likeness (QED) is 0.547. The second-order valence-electron chi connectivity index (χ2n) is 2.95. The maximum Gasteiger partial charge on any atom is 0.222 e. The Balaban J connectivity index is 2.50. The van der Waals surface area contributed by atoms with Crippen molar-refractivity contribution in [3.05, 3.63) is 0 Å². The van der Waals surface area contributed by atoms with Crippen LogP contribution in [0.2, 0.25) is 0 Å². The minimum Gasteiger partial charge on any atom is -0.342 e. The number of likely N-dealkylation sites (tertiary alicyclic amines) is 1. The van der Waals surface area contributed by atoms with E-state index in [1.165, 1.54) is 0 Å². The van der Waals surface area contributed by atoms with Crippen LogP contribution < -0.4 is 0 Å². The van der Waals surface area contributed by atoms with Crippen molar-refractivity contribution in [3.63, 3.8) is 0 Å². The first kappa shape index (κ1) is 8.24. The SMILES string of the molecule is CN1C(=O)CCC[C@H]1CC=O. The highest BCUT2D eigenvalue weighted by atomic mass is 16.2. The van der Waals surface area contributed by atoms with Gasteiger partial charge in [-0.15, -0.1) is 0 Å². The van der Waals surface area contributed by atoms with Crippen molar-refractivity contribution in [2.45, 2.75) is 31.7 Å². The van der Waals surface area contributed by atoms with E-state index in [4.69, 9.17) is 0 Å². The Morgan fingerprint density at radius 2 is 2.45 bits per heavy atom. The van der Waals surface area contributed by atoms with Crippen LogP contribution in [0.3, 0.4) is 0 Å². The molecule has 3 heteroatoms. The molecule has 0 aromatic rings. The van der Waals surface area contributed by atoms with Crippen molar-refractivity contribution < 1.29 is 9.59 Å². The van der Waals surface area contributed by atoms with Gasteiger partial charge in [0.1, 0.15) is 6.29 Å². The Morgan fingerprint density at radius 3 is 3.09 bits per heavy atom. The van der Waals surface area contributed by atoms with Crippen LogP contribution >= 0.6 is 0 Å². The normalized spacial score (nSPS) is 25.4. The van der Waals surface area contributed by atoms with Gasteiger partial charge < -0.3 is 9.69 Å². The minimum atomic E-state index is 0.161. The lowest BCUT2D eigenvalue weighted by molar-refractivity contribution is -0.134. The van der Waals surface area contributed by atoms with Crippen molar-refractivity contribution in [1.82, 2.24) is 4.90 Å². The molecular formula is C8H13NO2. The first-order valence-corrected chi connectivity index (χ1v) is 3.95. The molecular weight excluding hydrogens is 142 g/mol. The van der Waals surface area contributed by atoms with Gasteiger partial charge in [-0.3, -0.25) is 4.79 Å². The summed E-state index contributed by atoms with van der Waals surface area (Å²) in [7, 11) is 1.77. The van der Waals surface area contributed by atoms with E-state index in [0.29, 0.717) is 12.8 Å². The van der Waals surface area contributed by atoms with Crippen LogP contribution in [0.4, 0.5) is 0 Å². The number of hydrogen-bond acceptors (Lipinski definition) is 2. The first-order valence-electron chi connectivity index (χ1n) is 3.95. The van der Waals surface area contributed by atoms with Crippen LogP contribution in [0.25, 0.3) is 0 Å². The molecule has 0 N–H and O–H groups in total. The minimum absolute atomic E-state index is 0.161. The zero-order valence-corrected chi connectivity index (χ0v) is 6.75. The standard InChI is InChI=1S/C8H13NO2/c1-9-7(5-6-10)3-2-4-8(9)11/h6-7H,2-5H2,1H3/t7-/m0/s1. The summed E-state index contributed by atoms with van der Waals surface area (Å²) in [6.07, 6.45) is 3.93. The largest absolute Gasteiger partial charge is 0.342 e. The molecule has 0 aromatic carbocycles. The third-order valence-electron chi connectivity index (χ3n) is 2.24. The Labute approximate surface area is 66.4 Å². The van der Waals surface area contributed by atoms with Crippen molar-refractivity contribution in [1.29, 1.82) is 0 Å². The molecule has 1 amide bonds. The topological polar surface area (TPSA) is 37.4 Å². The summed E-state index contributed by atoms with van der Waals surface area (Å²) in [5.74, 6) is 0.170. The smallest absolute Gasteiger partial charge is 0.222 e. The molecule has 0 aromatic heterocycles. The molecule has 1 aliphatic heterocycles. The van der Waals surface area contributed by atoms with E-state index in [0.717, 1.165) is 19.1 Å². The Morgan fingerprint density at radius 1 is 1.73 bits per heavy atom. The predicted molar refractivity (Wildman–Crippen MR) is 41.1 cm³/mol. The van der Waals surface area contributed by atoms with E-state index in [-0.39, 0.29) is 11.9 Å². The van der Waals surface area contributed by atoms with Gasteiger partial charge in [0.25, 0.3) is 0 Å². The van der Waals surface area contributed by atoms with Crippen molar-refractivity contribution in [2.75, 3.05) is 7.05 Å². The second-order valence-corrected chi connectivity index (χ2v) is 2.95. The number of nitrogens with zero attached hydrogens (tertiary/aromatic N) is 1. The van der Waals surface area contributed by atoms with Crippen molar-refractivity contribution >= 4 is 12.2 Å². The average molecular weight is 155 g/mol. The van der Waals surface area contributed by atoms with E-state index in [1.807, 2.05) is 0 Å². The summed E-state index contributed by atoms with van der Waals surface area (Å²) >= 11 is 0. The molecule has 0 radical (unpaired) electrons. The molecule has 0 unspecified atom stereocenters. The fourth-order valence-electron chi connectivity index (χ4n) is 1.45. The number of rotatable bonds is 2. The Bertz CT molecular complexity index is 167. The number of piperidine rings is 1. The molecule has 1 saturated heterocycles. The van der Waals surface area contributed by atoms with Gasteiger partial charge >= 0.3 is 0 Å². The molecule has 1 rings (SSSR count). The van der Waals surface area contributed by atoms with Gasteiger partial charge in [0, 0.05) is 25.9 Å². The molecule has 62 valence electrons. The van der Waals surface area contributed by atoms with Crippen LogP contribution in [0, 0.1) is 0 Å². The van der Waals surface area contributed by atoms with Gasteiger partial charge in [-0.25, -0.2) is 0 Å².